The molecule has 0 saturated carbocycles. The largest absolute Gasteiger partial charge is 0.495 e. The van der Waals surface area contributed by atoms with Crippen molar-refractivity contribution in [1.82, 2.24) is 0 Å². The summed E-state index contributed by atoms with van der Waals surface area (Å²) in [6, 6.07) is 10.9. The van der Waals surface area contributed by atoms with E-state index in [9.17, 15) is 8.42 Å². The van der Waals surface area contributed by atoms with Crippen LogP contribution in [0.15, 0.2) is 47.4 Å². The lowest BCUT2D eigenvalue weighted by Crippen LogP contribution is -2.15. The van der Waals surface area contributed by atoms with Gasteiger partial charge in [-0.25, -0.2) is 8.42 Å². The van der Waals surface area contributed by atoms with Crippen molar-refractivity contribution in [3.63, 3.8) is 0 Å². The first-order valence-electron chi connectivity index (χ1n) is 5.65. The summed E-state index contributed by atoms with van der Waals surface area (Å²) < 4.78 is 32.2. The highest BCUT2D eigenvalue weighted by Gasteiger charge is 2.19. The number of sulfonamides is 1. The normalized spacial score (nSPS) is 11.1. The molecule has 0 amide bonds. The maximum atomic E-state index is 12.3. The summed E-state index contributed by atoms with van der Waals surface area (Å²) in [6.45, 7) is 0. The van der Waals surface area contributed by atoms with Crippen LogP contribution in [0.1, 0.15) is 0 Å². The van der Waals surface area contributed by atoms with Crippen LogP contribution in [0.25, 0.3) is 0 Å². The Morgan fingerprint density at radius 1 is 1.20 bits per heavy atom. The van der Waals surface area contributed by atoms with Crippen molar-refractivity contribution in [2.75, 3.05) is 17.6 Å². The Labute approximate surface area is 122 Å². The van der Waals surface area contributed by atoms with Gasteiger partial charge in [0.2, 0.25) is 0 Å². The fourth-order valence-corrected chi connectivity index (χ4v) is 3.06. The molecule has 3 N–H and O–H groups in total. The molecule has 0 saturated heterocycles. The van der Waals surface area contributed by atoms with Crippen LogP contribution in [-0.4, -0.2) is 15.5 Å². The molecule has 0 radical (unpaired) electrons. The average Bonchev–Trinajstić information content (AvgIpc) is 2.38. The first-order chi connectivity index (χ1) is 9.44. The van der Waals surface area contributed by atoms with Crippen LogP contribution in [0.4, 0.5) is 11.4 Å². The van der Waals surface area contributed by atoms with E-state index in [4.69, 9.17) is 22.1 Å². The molecular formula is C13H13ClN2O3S. The Bertz CT molecular complexity index is 732. The summed E-state index contributed by atoms with van der Waals surface area (Å²) >= 11 is 5.76. The highest BCUT2D eigenvalue weighted by molar-refractivity contribution is 7.92. The molecule has 20 heavy (non-hydrogen) atoms. The molecule has 5 nitrogen and oxygen atoms in total. The summed E-state index contributed by atoms with van der Waals surface area (Å²) in [5.74, 6) is 0.420. The second-order valence-electron chi connectivity index (χ2n) is 3.99. The number of rotatable bonds is 4. The van der Waals surface area contributed by atoms with Crippen LogP contribution in [0.2, 0.25) is 5.02 Å². The summed E-state index contributed by atoms with van der Waals surface area (Å²) in [6.07, 6.45) is 0. The minimum absolute atomic E-state index is 0.0344. The first-order valence-corrected chi connectivity index (χ1v) is 7.51. The number of ether oxygens (including phenoxy) is 1. The highest BCUT2D eigenvalue weighted by Crippen LogP contribution is 2.28. The third-order valence-corrected chi connectivity index (χ3v) is 4.29. The number of nitrogens with one attached hydrogen (secondary N) is 1. The number of nitrogen functional groups attached to an aromatic ring is 1. The van der Waals surface area contributed by atoms with Crippen molar-refractivity contribution in [3.8, 4) is 5.75 Å². The molecule has 0 bridgehead atoms. The number of hydrogen-bond donors (Lipinski definition) is 2. The SMILES string of the molecule is COc1ccccc1NS(=O)(=O)c1ccc(Cl)cc1N. The summed E-state index contributed by atoms with van der Waals surface area (Å²) in [4.78, 5) is -0.0344. The minimum atomic E-state index is -3.81. The van der Waals surface area contributed by atoms with Gasteiger partial charge in [-0.2, -0.15) is 0 Å². The molecule has 7 heteroatoms. The van der Waals surface area contributed by atoms with E-state index in [1.165, 1.54) is 25.3 Å². The molecule has 0 atom stereocenters. The molecule has 0 fully saturated rings. The van der Waals surface area contributed by atoms with Crippen LogP contribution >= 0.6 is 11.6 Å². The summed E-state index contributed by atoms with van der Waals surface area (Å²) in [5.41, 5.74) is 6.12. The van der Waals surface area contributed by atoms with Crippen LogP contribution in [0.5, 0.6) is 5.75 Å². The van der Waals surface area contributed by atoms with Crippen molar-refractivity contribution < 1.29 is 13.2 Å². The van der Waals surface area contributed by atoms with E-state index < -0.39 is 10.0 Å². The molecule has 2 aromatic rings. The molecule has 106 valence electrons. The quantitative estimate of drug-likeness (QED) is 0.851. The maximum Gasteiger partial charge on any atom is 0.264 e. The standard InChI is InChI=1S/C13H13ClN2O3S/c1-19-12-5-3-2-4-11(12)16-20(17,18)13-7-6-9(14)8-10(13)15/h2-8,16H,15H2,1H3. The lowest BCUT2D eigenvalue weighted by Gasteiger charge is -2.12. The monoisotopic (exact) mass is 312 g/mol. The van der Waals surface area contributed by atoms with E-state index in [0.717, 1.165) is 0 Å². The lowest BCUT2D eigenvalue weighted by molar-refractivity contribution is 0.417. The van der Waals surface area contributed by atoms with Gasteiger partial charge in [0, 0.05) is 5.02 Å². The van der Waals surface area contributed by atoms with Gasteiger partial charge in [-0.05, 0) is 30.3 Å². The number of para-hydroxylation sites is 2. The molecule has 2 rings (SSSR count). The lowest BCUT2D eigenvalue weighted by atomic mass is 10.3. The number of halogens is 1. The van der Waals surface area contributed by atoms with E-state index in [1.807, 2.05) is 0 Å². The Morgan fingerprint density at radius 2 is 1.90 bits per heavy atom. The molecule has 0 heterocycles. The zero-order valence-electron chi connectivity index (χ0n) is 10.6. The molecule has 0 aliphatic heterocycles. The van der Waals surface area contributed by atoms with E-state index in [2.05, 4.69) is 4.72 Å². The van der Waals surface area contributed by atoms with E-state index >= 15 is 0 Å². The van der Waals surface area contributed by atoms with Crippen molar-refractivity contribution in [2.45, 2.75) is 4.90 Å². The second kappa shape index (κ2) is 5.60. The average molecular weight is 313 g/mol. The number of anilines is 2. The fraction of sp³-hybridized carbons (Fsp3) is 0.0769. The van der Waals surface area contributed by atoms with Crippen molar-refractivity contribution >= 4 is 33.0 Å². The van der Waals surface area contributed by atoms with Crippen LogP contribution in [-0.2, 0) is 10.0 Å². The van der Waals surface area contributed by atoms with E-state index in [0.29, 0.717) is 16.5 Å². The van der Waals surface area contributed by atoms with Gasteiger partial charge in [-0.3, -0.25) is 4.72 Å². The molecule has 0 aliphatic rings. The summed E-state index contributed by atoms with van der Waals surface area (Å²) in [5, 5.41) is 0.374. The zero-order chi connectivity index (χ0) is 14.8. The maximum absolute atomic E-state index is 12.3. The zero-order valence-corrected chi connectivity index (χ0v) is 12.2. The van der Waals surface area contributed by atoms with Gasteiger partial charge in [0.15, 0.2) is 0 Å². The van der Waals surface area contributed by atoms with Crippen molar-refractivity contribution in [2.24, 2.45) is 0 Å². The molecule has 0 unspecified atom stereocenters. The predicted octanol–water partition coefficient (Wildman–Crippen LogP) is 2.73. The third kappa shape index (κ3) is 2.97. The van der Waals surface area contributed by atoms with E-state index in [1.54, 1.807) is 24.3 Å². The van der Waals surface area contributed by atoms with Crippen LogP contribution in [0, 0.1) is 0 Å². The van der Waals surface area contributed by atoms with E-state index in [-0.39, 0.29) is 10.6 Å². The topological polar surface area (TPSA) is 81.4 Å². The van der Waals surface area contributed by atoms with Gasteiger partial charge in [0.1, 0.15) is 10.6 Å². The van der Waals surface area contributed by atoms with Gasteiger partial charge in [-0.15, -0.1) is 0 Å². The summed E-state index contributed by atoms with van der Waals surface area (Å²) in [7, 11) is -2.34. The van der Waals surface area contributed by atoms with Crippen LogP contribution in [0.3, 0.4) is 0 Å². The Hall–Kier alpha value is -1.92. The van der Waals surface area contributed by atoms with Gasteiger partial charge in [0.25, 0.3) is 10.0 Å². The third-order valence-electron chi connectivity index (χ3n) is 2.61. The van der Waals surface area contributed by atoms with Gasteiger partial charge < -0.3 is 10.5 Å². The van der Waals surface area contributed by atoms with Crippen LogP contribution < -0.4 is 15.2 Å². The predicted molar refractivity (Wildman–Crippen MR) is 79.7 cm³/mol. The second-order valence-corrected chi connectivity index (χ2v) is 6.08. The van der Waals surface area contributed by atoms with Gasteiger partial charge >= 0.3 is 0 Å². The van der Waals surface area contributed by atoms with Gasteiger partial charge in [-0.1, -0.05) is 23.7 Å². The molecule has 0 aromatic heterocycles. The highest BCUT2D eigenvalue weighted by atomic mass is 35.5. The minimum Gasteiger partial charge on any atom is -0.495 e. The smallest absolute Gasteiger partial charge is 0.264 e. The number of methoxy groups -OCH3 is 1. The molecule has 0 spiro atoms. The Kier molecular flexibility index (Phi) is 4.06. The molecule has 0 aliphatic carbocycles. The molecular weight excluding hydrogens is 300 g/mol. The number of hydrogen-bond acceptors (Lipinski definition) is 4. The molecule has 2 aromatic carbocycles. The Balaban J connectivity index is 2.41. The van der Waals surface area contributed by atoms with Crippen molar-refractivity contribution in [3.05, 3.63) is 47.5 Å². The first kappa shape index (κ1) is 14.5. The fourth-order valence-electron chi connectivity index (χ4n) is 1.69. The number of benzene rings is 2. The van der Waals surface area contributed by atoms with Crippen molar-refractivity contribution in [1.29, 1.82) is 0 Å². The Morgan fingerprint density at radius 3 is 2.55 bits per heavy atom. The van der Waals surface area contributed by atoms with Gasteiger partial charge in [0.05, 0.1) is 18.5 Å². The number of nitrogens with two attached hydrogens (primary N) is 1.